The van der Waals surface area contributed by atoms with Gasteiger partial charge in [-0.1, -0.05) is 0 Å². The zero-order valence-electron chi connectivity index (χ0n) is 6.11. The van der Waals surface area contributed by atoms with Gasteiger partial charge < -0.3 is 5.73 Å². The Morgan fingerprint density at radius 2 is 2.30 bits per heavy atom. The molecule has 0 saturated heterocycles. The molecular formula is C6H12ClN3. The highest BCUT2D eigenvalue weighted by Crippen LogP contribution is 2.05. The SMILES string of the molecule is C[C@H](N)c1cnn(C)c1.Cl. The first-order valence-corrected chi connectivity index (χ1v) is 2.94. The van der Waals surface area contributed by atoms with Crippen LogP contribution in [0.15, 0.2) is 12.4 Å². The molecule has 0 saturated carbocycles. The Bertz CT molecular complexity index is 195. The number of hydrogen-bond acceptors (Lipinski definition) is 2. The van der Waals surface area contributed by atoms with Crippen molar-refractivity contribution < 1.29 is 0 Å². The summed E-state index contributed by atoms with van der Waals surface area (Å²) in [5, 5.41) is 3.97. The molecular weight excluding hydrogens is 150 g/mol. The zero-order valence-corrected chi connectivity index (χ0v) is 6.93. The van der Waals surface area contributed by atoms with Gasteiger partial charge in [-0.15, -0.1) is 12.4 Å². The van der Waals surface area contributed by atoms with E-state index in [1.807, 2.05) is 20.2 Å². The number of aromatic nitrogens is 2. The van der Waals surface area contributed by atoms with Gasteiger partial charge in [0.15, 0.2) is 0 Å². The van der Waals surface area contributed by atoms with Crippen LogP contribution in [0.1, 0.15) is 18.5 Å². The maximum Gasteiger partial charge on any atom is 0.0537 e. The lowest BCUT2D eigenvalue weighted by Gasteiger charge is -1.96. The van der Waals surface area contributed by atoms with Crippen LogP contribution in [0.3, 0.4) is 0 Å². The Labute approximate surface area is 66.6 Å². The molecule has 3 nitrogen and oxygen atoms in total. The van der Waals surface area contributed by atoms with Crippen LogP contribution in [-0.2, 0) is 7.05 Å². The molecule has 0 aliphatic carbocycles. The number of hydrogen-bond donors (Lipinski definition) is 1. The summed E-state index contributed by atoms with van der Waals surface area (Å²) in [7, 11) is 1.88. The van der Waals surface area contributed by atoms with Gasteiger partial charge in [0, 0.05) is 24.8 Å². The third kappa shape index (κ3) is 2.01. The average Bonchev–Trinajstić information content (AvgIpc) is 2.14. The van der Waals surface area contributed by atoms with E-state index < -0.39 is 0 Å². The lowest BCUT2D eigenvalue weighted by Crippen LogP contribution is -2.03. The molecule has 0 aliphatic heterocycles. The molecule has 0 bridgehead atoms. The van der Waals surface area contributed by atoms with Crippen LogP contribution >= 0.6 is 12.4 Å². The highest BCUT2D eigenvalue weighted by Gasteiger charge is 1.98. The van der Waals surface area contributed by atoms with E-state index in [1.165, 1.54) is 0 Å². The molecule has 58 valence electrons. The maximum absolute atomic E-state index is 5.57. The van der Waals surface area contributed by atoms with Gasteiger partial charge in [-0.3, -0.25) is 4.68 Å². The zero-order chi connectivity index (χ0) is 6.85. The van der Waals surface area contributed by atoms with Gasteiger partial charge in [0.2, 0.25) is 0 Å². The van der Waals surface area contributed by atoms with Crippen molar-refractivity contribution in [1.82, 2.24) is 9.78 Å². The summed E-state index contributed by atoms with van der Waals surface area (Å²) in [6.07, 6.45) is 3.70. The Balaban J connectivity index is 0.000000810. The van der Waals surface area contributed by atoms with Crippen LogP contribution in [0, 0.1) is 0 Å². The van der Waals surface area contributed by atoms with Crippen molar-refractivity contribution in [2.24, 2.45) is 12.8 Å². The molecule has 0 spiro atoms. The van der Waals surface area contributed by atoms with Gasteiger partial charge in [0.25, 0.3) is 0 Å². The van der Waals surface area contributed by atoms with E-state index in [2.05, 4.69) is 5.10 Å². The van der Waals surface area contributed by atoms with Crippen LogP contribution in [0.25, 0.3) is 0 Å². The van der Waals surface area contributed by atoms with Crippen molar-refractivity contribution in [3.05, 3.63) is 18.0 Å². The first-order chi connectivity index (χ1) is 4.20. The standard InChI is InChI=1S/C6H11N3.ClH/c1-5(7)6-3-8-9(2)4-6;/h3-5H,7H2,1-2H3;1H/t5-;/m0./s1. The molecule has 1 rings (SSSR count). The lowest BCUT2D eigenvalue weighted by molar-refractivity contribution is 0.762. The highest BCUT2D eigenvalue weighted by atomic mass is 35.5. The molecule has 4 heteroatoms. The van der Waals surface area contributed by atoms with Gasteiger partial charge in [0.05, 0.1) is 6.20 Å². The average molecular weight is 162 g/mol. The van der Waals surface area contributed by atoms with Gasteiger partial charge in [-0.2, -0.15) is 5.10 Å². The second kappa shape index (κ2) is 3.58. The first-order valence-electron chi connectivity index (χ1n) is 2.94. The van der Waals surface area contributed by atoms with Crippen LogP contribution in [-0.4, -0.2) is 9.78 Å². The Morgan fingerprint density at radius 1 is 1.70 bits per heavy atom. The molecule has 2 N–H and O–H groups in total. The maximum atomic E-state index is 5.57. The van der Waals surface area contributed by atoms with Gasteiger partial charge >= 0.3 is 0 Å². The molecule has 1 aromatic heterocycles. The van der Waals surface area contributed by atoms with E-state index in [1.54, 1.807) is 10.9 Å². The summed E-state index contributed by atoms with van der Waals surface area (Å²) in [5.74, 6) is 0. The number of nitrogens with two attached hydrogens (primary N) is 1. The third-order valence-electron chi connectivity index (χ3n) is 1.25. The van der Waals surface area contributed by atoms with Crippen molar-refractivity contribution in [2.45, 2.75) is 13.0 Å². The lowest BCUT2D eigenvalue weighted by atomic mass is 10.2. The number of rotatable bonds is 1. The Kier molecular flexibility index (Phi) is 3.39. The quantitative estimate of drug-likeness (QED) is 0.664. The van der Waals surface area contributed by atoms with E-state index >= 15 is 0 Å². The normalized spacial score (nSPS) is 12.3. The highest BCUT2D eigenvalue weighted by molar-refractivity contribution is 5.85. The van der Waals surface area contributed by atoms with E-state index in [0.29, 0.717) is 0 Å². The van der Waals surface area contributed by atoms with Crippen molar-refractivity contribution in [2.75, 3.05) is 0 Å². The Morgan fingerprint density at radius 3 is 2.50 bits per heavy atom. The fourth-order valence-electron chi connectivity index (χ4n) is 0.675. The predicted molar refractivity (Wildman–Crippen MR) is 43.1 cm³/mol. The first kappa shape index (κ1) is 9.46. The second-order valence-corrected chi connectivity index (χ2v) is 2.24. The second-order valence-electron chi connectivity index (χ2n) is 2.24. The third-order valence-corrected chi connectivity index (χ3v) is 1.25. The van der Waals surface area contributed by atoms with Crippen LogP contribution in [0.2, 0.25) is 0 Å². The van der Waals surface area contributed by atoms with E-state index in [4.69, 9.17) is 5.73 Å². The summed E-state index contributed by atoms with van der Waals surface area (Å²) < 4.78 is 1.75. The van der Waals surface area contributed by atoms with Crippen LogP contribution < -0.4 is 5.73 Å². The summed E-state index contributed by atoms with van der Waals surface area (Å²) in [6.45, 7) is 1.94. The largest absolute Gasteiger partial charge is 0.324 e. The van der Waals surface area contributed by atoms with Crippen molar-refractivity contribution in [1.29, 1.82) is 0 Å². The minimum atomic E-state index is 0. The predicted octanol–water partition coefficient (Wildman–Crippen LogP) is 0.862. The molecule has 0 amide bonds. The molecule has 0 unspecified atom stereocenters. The molecule has 0 aliphatic rings. The molecule has 10 heavy (non-hydrogen) atoms. The fourth-order valence-corrected chi connectivity index (χ4v) is 0.675. The van der Waals surface area contributed by atoms with Crippen molar-refractivity contribution >= 4 is 12.4 Å². The fraction of sp³-hybridized carbons (Fsp3) is 0.500. The smallest absolute Gasteiger partial charge is 0.0537 e. The number of nitrogens with zero attached hydrogens (tertiary/aromatic N) is 2. The molecule has 0 aromatic carbocycles. The Hall–Kier alpha value is -0.540. The molecule has 1 atom stereocenters. The summed E-state index contributed by atoms with van der Waals surface area (Å²) in [5.41, 5.74) is 6.65. The minimum absolute atomic E-state index is 0. The number of halogens is 1. The van der Waals surface area contributed by atoms with Crippen molar-refractivity contribution in [3.63, 3.8) is 0 Å². The minimum Gasteiger partial charge on any atom is -0.324 e. The van der Waals surface area contributed by atoms with Crippen LogP contribution in [0.5, 0.6) is 0 Å². The van der Waals surface area contributed by atoms with Crippen molar-refractivity contribution in [3.8, 4) is 0 Å². The molecule has 0 radical (unpaired) electrons. The van der Waals surface area contributed by atoms with Crippen LogP contribution in [0.4, 0.5) is 0 Å². The summed E-state index contributed by atoms with van der Waals surface area (Å²) in [4.78, 5) is 0. The van der Waals surface area contributed by atoms with E-state index in [9.17, 15) is 0 Å². The van der Waals surface area contributed by atoms with Gasteiger partial charge in [-0.05, 0) is 6.92 Å². The topological polar surface area (TPSA) is 43.8 Å². The molecule has 1 aromatic rings. The van der Waals surface area contributed by atoms with E-state index in [-0.39, 0.29) is 18.4 Å². The molecule has 1 heterocycles. The van der Waals surface area contributed by atoms with E-state index in [0.717, 1.165) is 5.56 Å². The monoisotopic (exact) mass is 161 g/mol. The summed E-state index contributed by atoms with van der Waals surface area (Å²) in [6, 6.07) is 0.0960. The number of aryl methyl sites for hydroxylation is 1. The molecule has 0 fully saturated rings. The van der Waals surface area contributed by atoms with Gasteiger partial charge in [0.1, 0.15) is 0 Å². The summed E-state index contributed by atoms with van der Waals surface area (Å²) >= 11 is 0. The van der Waals surface area contributed by atoms with Gasteiger partial charge in [-0.25, -0.2) is 0 Å².